The lowest BCUT2D eigenvalue weighted by molar-refractivity contribution is 0.552. The second-order valence-electron chi connectivity index (χ2n) is 5.18. The van der Waals surface area contributed by atoms with Gasteiger partial charge >= 0.3 is 0 Å². The fourth-order valence-electron chi connectivity index (χ4n) is 2.78. The Bertz CT molecular complexity index is 538. The Labute approximate surface area is 119 Å². The van der Waals surface area contributed by atoms with Gasteiger partial charge in [0.2, 0.25) is 0 Å². The maximum atomic E-state index is 5.59. The Morgan fingerprint density at radius 1 is 1.15 bits per heavy atom. The first-order valence-corrected chi connectivity index (χ1v) is 7.05. The molecule has 4 nitrogen and oxygen atoms in total. The predicted molar refractivity (Wildman–Crippen MR) is 80.1 cm³/mol. The molecule has 1 fully saturated rings. The van der Waals surface area contributed by atoms with Crippen LogP contribution in [0.1, 0.15) is 28.7 Å². The Morgan fingerprint density at radius 2 is 2.00 bits per heavy atom. The highest BCUT2D eigenvalue weighted by atomic mass is 15.4. The fraction of sp³-hybridized carbons (Fsp3) is 0.312. The van der Waals surface area contributed by atoms with Crippen molar-refractivity contribution in [3.8, 4) is 0 Å². The molecule has 0 bridgehead atoms. The molecule has 1 aliphatic rings. The molecule has 4 N–H and O–H groups in total. The van der Waals surface area contributed by atoms with Crippen LogP contribution < -0.4 is 16.6 Å². The smallest absolute Gasteiger partial charge is 0.0558 e. The number of hydrogen-bond acceptors (Lipinski definition) is 4. The van der Waals surface area contributed by atoms with E-state index in [0.29, 0.717) is 12.5 Å². The lowest BCUT2D eigenvalue weighted by Crippen LogP contribution is -2.24. The highest BCUT2D eigenvalue weighted by molar-refractivity contribution is 5.31. The summed E-state index contributed by atoms with van der Waals surface area (Å²) in [5.74, 6) is 0.422. The zero-order valence-electron chi connectivity index (χ0n) is 11.4. The Kier molecular flexibility index (Phi) is 4.06. The van der Waals surface area contributed by atoms with Gasteiger partial charge in [-0.15, -0.1) is 0 Å². The first kappa shape index (κ1) is 13.2. The summed E-state index contributed by atoms with van der Waals surface area (Å²) < 4.78 is 0. The van der Waals surface area contributed by atoms with Gasteiger partial charge in [0.25, 0.3) is 0 Å². The Hall–Kier alpha value is -1.75. The van der Waals surface area contributed by atoms with Crippen LogP contribution in [-0.2, 0) is 6.42 Å². The van der Waals surface area contributed by atoms with Gasteiger partial charge in [-0.3, -0.25) is 10.4 Å². The molecule has 20 heavy (non-hydrogen) atoms. The van der Waals surface area contributed by atoms with Crippen molar-refractivity contribution in [2.24, 2.45) is 5.73 Å². The molecule has 2 heterocycles. The molecular formula is C16H20N4. The molecule has 0 saturated carbocycles. The third kappa shape index (κ3) is 2.72. The Balaban J connectivity index is 1.81. The highest BCUT2D eigenvalue weighted by Crippen LogP contribution is 2.32. The van der Waals surface area contributed by atoms with Gasteiger partial charge in [-0.05, 0) is 35.7 Å². The summed E-state index contributed by atoms with van der Waals surface area (Å²) in [6.45, 7) is 1.62. The molecular weight excluding hydrogens is 248 g/mol. The van der Waals surface area contributed by atoms with Crippen molar-refractivity contribution in [1.82, 2.24) is 15.8 Å². The second kappa shape index (κ2) is 6.13. The van der Waals surface area contributed by atoms with Gasteiger partial charge in [0.05, 0.1) is 6.04 Å². The number of hydrazine groups is 1. The van der Waals surface area contributed by atoms with Crippen LogP contribution in [0.25, 0.3) is 0 Å². The van der Waals surface area contributed by atoms with Crippen molar-refractivity contribution in [3.63, 3.8) is 0 Å². The molecule has 2 unspecified atom stereocenters. The van der Waals surface area contributed by atoms with E-state index in [-0.39, 0.29) is 6.04 Å². The number of nitrogens with zero attached hydrogens (tertiary/aromatic N) is 1. The average molecular weight is 268 g/mol. The van der Waals surface area contributed by atoms with Crippen molar-refractivity contribution in [2.45, 2.75) is 18.4 Å². The number of aromatic nitrogens is 1. The standard InChI is InChI=1S/C16H20N4/c17-8-7-12-3-5-13(6-4-12)15-11-19-20-16(15)14-2-1-9-18-10-14/h1-6,9-10,15-16,19-20H,7-8,11,17H2. The molecule has 3 rings (SSSR count). The fourth-order valence-corrected chi connectivity index (χ4v) is 2.78. The van der Waals surface area contributed by atoms with Crippen molar-refractivity contribution < 1.29 is 0 Å². The van der Waals surface area contributed by atoms with Crippen LogP contribution in [0.2, 0.25) is 0 Å². The number of hydrogen-bond donors (Lipinski definition) is 3. The topological polar surface area (TPSA) is 63.0 Å². The van der Waals surface area contributed by atoms with Crippen molar-refractivity contribution in [3.05, 3.63) is 65.5 Å². The molecule has 1 aromatic heterocycles. The number of benzene rings is 1. The minimum atomic E-state index is 0.268. The SMILES string of the molecule is NCCc1ccc(C2CNNC2c2cccnc2)cc1. The molecule has 0 radical (unpaired) electrons. The van der Waals surface area contributed by atoms with Gasteiger partial charge in [-0.1, -0.05) is 30.3 Å². The van der Waals surface area contributed by atoms with E-state index in [9.17, 15) is 0 Å². The van der Waals surface area contributed by atoms with Gasteiger partial charge in [0.1, 0.15) is 0 Å². The molecule has 2 atom stereocenters. The van der Waals surface area contributed by atoms with Gasteiger partial charge in [0.15, 0.2) is 0 Å². The number of rotatable bonds is 4. The quantitative estimate of drug-likeness (QED) is 0.786. The second-order valence-corrected chi connectivity index (χ2v) is 5.18. The van der Waals surface area contributed by atoms with Crippen molar-refractivity contribution in [1.29, 1.82) is 0 Å². The van der Waals surface area contributed by atoms with E-state index in [0.717, 1.165) is 13.0 Å². The van der Waals surface area contributed by atoms with Crippen LogP contribution in [0.15, 0.2) is 48.8 Å². The Morgan fingerprint density at radius 3 is 2.70 bits per heavy atom. The molecule has 104 valence electrons. The van der Waals surface area contributed by atoms with Crippen LogP contribution in [0.3, 0.4) is 0 Å². The van der Waals surface area contributed by atoms with Gasteiger partial charge in [0, 0.05) is 24.9 Å². The summed E-state index contributed by atoms with van der Waals surface area (Å²) in [6, 6.07) is 13.2. The third-order valence-corrected chi connectivity index (χ3v) is 3.87. The van der Waals surface area contributed by atoms with Crippen LogP contribution in [-0.4, -0.2) is 18.1 Å². The lowest BCUT2D eigenvalue weighted by atomic mass is 9.89. The third-order valence-electron chi connectivity index (χ3n) is 3.87. The molecule has 0 amide bonds. The largest absolute Gasteiger partial charge is 0.330 e. The molecule has 1 saturated heterocycles. The normalized spacial score (nSPS) is 22.1. The summed E-state index contributed by atoms with van der Waals surface area (Å²) in [5.41, 5.74) is 16.1. The van der Waals surface area contributed by atoms with Crippen LogP contribution in [0.5, 0.6) is 0 Å². The van der Waals surface area contributed by atoms with E-state index in [1.807, 2.05) is 18.5 Å². The zero-order chi connectivity index (χ0) is 13.8. The maximum absolute atomic E-state index is 5.59. The van der Waals surface area contributed by atoms with Gasteiger partial charge in [-0.2, -0.15) is 0 Å². The molecule has 4 heteroatoms. The summed E-state index contributed by atoms with van der Waals surface area (Å²) in [7, 11) is 0. The number of pyridine rings is 1. The minimum absolute atomic E-state index is 0.268. The first-order chi connectivity index (χ1) is 9.88. The van der Waals surface area contributed by atoms with E-state index in [1.54, 1.807) is 0 Å². The summed E-state index contributed by atoms with van der Waals surface area (Å²) in [6.07, 6.45) is 4.68. The lowest BCUT2D eigenvalue weighted by Gasteiger charge is -2.19. The van der Waals surface area contributed by atoms with E-state index >= 15 is 0 Å². The van der Waals surface area contributed by atoms with Crippen LogP contribution in [0, 0.1) is 0 Å². The monoisotopic (exact) mass is 268 g/mol. The van der Waals surface area contributed by atoms with E-state index in [1.165, 1.54) is 16.7 Å². The van der Waals surface area contributed by atoms with E-state index in [4.69, 9.17) is 5.73 Å². The molecule has 1 aliphatic heterocycles. The maximum Gasteiger partial charge on any atom is 0.0558 e. The predicted octanol–water partition coefficient (Wildman–Crippen LogP) is 1.52. The van der Waals surface area contributed by atoms with E-state index in [2.05, 4.69) is 46.2 Å². The van der Waals surface area contributed by atoms with Crippen molar-refractivity contribution >= 4 is 0 Å². The average Bonchev–Trinajstić information content (AvgIpc) is 2.99. The number of nitrogens with one attached hydrogen (secondary N) is 2. The van der Waals surface area contributed by atoms with E-state index < -0.39 is 0 Å². The summed E-state index contributed by atoms with van der Waals surface area (Å²) in [5, 5.41) is 0. The molecule has 1 aromatic carbocycles. The molecule has 0 aliphatic carbocycles. The van der Waals surface area contributed by atoms with Gasteiger partial charge in [-0.25, -0.2) is 5.43 Å². The van der Waals surface area contributed by atoms with Crippen molar-refractivity contribution in [2.75, 3.05) is 13.1 Å². The molecule has 2 aromatic rings. The minimum Gasteiger partial charge on any atom is -0.330 e. The van der Waals surface area contributed by atoms with Crippen LogP contribution >= 0.6 is 0 Å². The summed E-state index contributed by atoms with van der Waals surface area (Å²) >= 11 is 0. The highest BCUT2D eigenvalue weighted by Gasteiger charge is 2.29. The van der Waals surface area contributed by atoms with Crippen LogP contribution in [0.4, 0.5) is 0 Å². The first-order valence-electron chi connectivity index (χ1n) is 7.05. The number of nitrogens with two attached hydrogens (primary N) is 1. The van der Waals surface area contributed by atoms with Gasteiger partial charge < -0.3 is 5.73 Å². The molecule has 0 spiro atoms. The zero-order valence-corrected chi connectivity index (χ0v) is 11.4. The summed E-state index contributed by atoms with van der Waals surface area (Å²) in [4.78, 5) is 4.21.